The molecule has 24 heavy (non-hydrogen) atoms. The van der Waals surface area contributed by atoms with Crippen LogP contribution in [0.25, 0.3) is 10.9 Å². The van der Waals surface area contributed by atoms with Crippen molar-refractivity contribution in [2.24, 2.45) is 0 Å². The van der Waals surface area contributed by atoms with E-state index in [1.54, 1.807) is 0 Å². The zero-order valence-corrected chi connectivity index (χ0v) is 15.8. The molecule has 0 spiro atoms. The minimum atomic E-state index is 0.582. The SMILES string of the molecule is CC1Cc2c(c3cc(Br)ccc3n2CCc2ccccn2)CN1C. The van der Waals surface area contributed by atoms with E-state index in [0.717, 1.165) is 36.1 Å². The van der Waals surface area contributed by atoms with E-state index in [2.05, 4.69) is 74.7 Å². The standard InChI is InChI=1S/C20H22BrN3/c1-14-11-20-18(13-23(14)2)17-12-15(21)6-7-19(17)24(20)10-8-16-5-3-4-9-22-16/h3-7,9,12,14H,8,10-11,13H2,1-2H3. The lowest BCUT2D eigenvalue weighted by Gasteiger charge is -2.31. The summed E-state index contributed by atoms with van der Waals surface area (Å²) in [7, 11) is 2.22. The van der Waals surface area contributed by atoms with Crippen LogP contribution in [0.1, 0.15) is 23.9 Å². The van der Waals surface area contributed by atoms with Crippen LogP contribution in [0.4, 0.5) is 0 Å². The highest BCUT2D eigenvalue weighted by atomic mass is 79.9. The van der Waals surface area contributed by atoms with Crippen LogP contribution in [0, 0.1) is 0 Å². The lowest BCUT2D eigenvalue weighted by atomic mass is 10.00. The van der Waals surface area contributed by atoms with Crippen molar-refractivity contribution in [2.75, 3.05) is 7.05 Å². The molecule has 0 fully saturated rings. The maximum Gasteiger partial charge on any atom is 0.0486 e. The first-order chi connectivity index (χ1) is 11.6. The van der Waals surface area contributed by atoms with Crippen molar-refractivity contribution in [3.05, 3.63) is 64.0 Å². The molecule has 2 aromatic heterocycles. The second kappa shape index (κ2) is 6.34. The Bertz CT molecular complexity index is 869. The Morgan fingerprint density at radius 2 is 2.12 bits per heavy atom. The van der Waals surface area contributed by atoms with Gasteiger partial charge in [-0.15, -0.1) is 0 Å². The van der Waals surface area contributed by atoms with Crippen molar-refractivity contribution in [1.29, 1.82) is 0 Å². The zero-order chi connectivity index (χ0) is 16.7. The van der Waals surface area contributed by atoms with E-state index in [0.29, 0.717) is 6.04 Å². The van der Waals surface area contributed by atoms with Gasteiger partial charge in [-0.05, 0) is 49.9 Å². The Hall–Kier alpha value is -1.65. The highest BCUT2D eigenvalue weighted by molar-refractivity contribution is 9.10. The molecule has 1 aromatic carbocycles. The van der Waals surface area contributed by atoms with Gasteiger partial charge in [0.2, 0.25) is 0 Å². The Morgan fingerprint density at radius 1 is 1.25 bits per heavy atom. The monoisotopic (exact) mass is 383 g/mol. The molecule has 1 aliphatic heterocycles. The number of hydrogen-bond acceptors (Lipinski definition) is 2. The predicted molar refractivity (Wildman–Crippen MR) is 102 cm³/mol. The van der Waals surface area contributed by atoms with E-state index in [9.17, 15) is 0 Å². The van der Waals surface area contributed by atoms with Crippen molar-refractivity contribution in [2.45, 2.75) is 38.9 Å². The number of fused-ring (bicyclic) bond motifs is 3. The summed E-state index contributed by atoms with van der Waals surface area (Å²) in [6, 6.07) is 13.4. The van der Waals surface area contributed by atoms with Crippen LogP contribution in [0.5, 0.6) is 0 Å². The van der Waals surface area contributed by atoms with Gasteiger partial charge in [0.25, 0.3) is 0 Å². The molecule has 1 unspecified atom stereocenters. The molecule has 0 aliphatic carbocycles. The van der Waals surface area contributed by atoms with E-state index in [4.69, 9.17) is 0 Å². The molecule has 0 saturated heterocycles. The lowest BCUT2D eigenvalue weighted by molar-refractivity contribution is 0.228. The maximum atomic E-state index is 4.48. The third-order valence-electron chi connectivity index (χ3n) is 5.22. The molecule has 1 aliphatic rings. The smallest absolute Gasteiger partial charge is 0.0486 e. The van der Waals surface area contributed by atoms with Crippen molar-refractivity contribution in [1.82, 2.24) is 14.5 Å². The number of pyridine rings is 1. The molecular weight excluding hydrogens is 362 g/mol. The van der Waals surface area contributed by atoms with Crippen molar-refractivity contribution in [3.63, 3.8) is 0 Å². The van der Waals surface area contributed by atoms with Crippen LogP contribution in [0.2, 0.25) is 0 Å². The molecule has 1 atom stereocenters. The van der Waals surface area contributed by atoms with Crippen LogP contribution < -0.4 is 0 Å². The first-order valence-electron chi connectivity index (χ1n) is 8.53. The quantitative estimate of drug-likeness (QED) is 0.667. The van der Waals surface area contributed by atoms with E-state index in [1.165, 1.54) is 22.2 Å². The number of aromatic nitrogens is 2. The van der Waals surface area contributed by atoms with Crippen LogP contribution >= 0.6 is 15.9 Å². The fraction of sp³-hybridized carbons (Fsp3) is 0.350. The highest BCUT2D eigenvalue weighted by Crippen LogP contribution is 2.34. The second-order valence-electron chi connectivity index (χ2n) is 6.78. The van der Waals surface area contributed by atoms with E-state index >= 15 is 0 Å². The molecule has 0 amide bonds. The van der Waals surface area contributed by atoms with Gasteiger partial charge in [-0.3, -0.25) is 9.88 Å². The van der Waals surface area contributed by atoms with Gasteiger partial charge in [-0.2, -0.15) is 0 Å². The summed E-state index contributed by atoms with van der Waals surface area (Å²) in [6.45, 7) is 4.33. The molecule has 0 radical (unpaired) electrons. The van der Waals surface area contributed by atoms with Crippen molar-refractivity contribution < 1.29 is 0 Å². The fourth-order valence-corrected chi connectivity index (χ4v) is 4.09. The van der Waals surface area contributed by atoms with Gasteiger partial charge < -0.3 is 4.57 Å². The molecule has 4 rings (SSSR count). The minimum Gasteiger partial charge on any atom is -0.344 e. The minimum absolute atomic E-state index is 0.582. The van der Waals surface area contributed by atoms with Gasteiger partial charge in [0, 0.05) is 64.9 Å². The van der Waals surface area contributed by atoms with E-state index in [-0.39, 0.29) is 0 Å². The summed E-state index contributed by atoms with van der Waals surface area (Å²) in [5.74, 6) is 0. The molecule has 124 valence electrons. The number of hydrogen-bond donors (Lipinski definition) is 0. The molecule has 3 heterocycles. The number of likely N-dealkylation sites (N-methyl/N-ethyl adjacent to an activating group) is 1. The Labute approximate surface area is 151 Å². The summed E-state index contributed by atoms with van der Waals surface area (Å²) in [5.41, 5.74) is 5.50. The Morgan fingerprint density at radius 3 is 2.92 bits per heavy atom. The second-order valence-corrected chi connectivity index (χ2v) is 7.69. The Balaban J connectivity index is 1.78. The third kappa shape index (κ3) is 2.78. The Kier molecular flexibility index (Phi) is 4.19. The first-order valence-corrected chi connectivity index (χ1v) is 9.32. The number of benzene rings is 1. The number of rotatable bonds is 3. The molecule has 3 nitrogen and oxygen atoms in total. The average Bonchev–Trinajstić information content (AvgIpc) is 2.87. The largest absolute Gasteiger partial charge is 0.344 e. The van der Waals surface area contributed by atoms with E-state index < -0.39 is 0 Å². The summed E-state index contributed by atoms with van der Waals surface area (Å²) in [4.78, 5) is 6.93. The molecule has 3 aromatic rings. The summed E-state index contributed by atoms with van der Waals surface area (Å²) in [5, 5.41) is 1.39. The van der Waals surface area contributed by atoms with Crippen LogP contribution in [0.15, 0.2) is 47.1 Å². The zero-order valence-electron chi connectivity index (χ0n) is 14.2. The van der Waals surface area contributed by atoms with E-state index in [1.807, 2.05) is 12.3 Å². The van der Waals surface area contributed by atoms with Gasteiger partial charge in [-0.25, -0.2) is 0 Å². The summed E-state index contributed by atoms with van der Waals surface area (Å²) in [6.07, 6.45) is 3.96. The molecule has 0 bridgehead atoms. The normalized spacial score (nSPS) is 18.0. The maximum absolute atomic E-state index is 4.48. The highest BCUT2D eigenvalue weighted by Gasteiger charge is 2.26. The van der Waals surface area contributed by atoms with Crippen LogP contribution in [-0.4, -0.2) is 27.5 Å². The molecular formula is C20H22BrN3. The van der Waals surface area contributed by atoms with Crippen molar-refractivity contribution in [3.8, 4) is 0 Å². The summed E-state index contributed by atoms with van der Waals surface area (Å²) < 4.78 is 3.68. The lowest BCUT2D eigenvalue weighted by Crippen LogP contribution is -2.35. The number of halogens is 1. The van der Waals surface area contributed by atoms with Crippen LogP contribution in [0.3, 0.4) is 0 Å². The van der Waals surface area contributed by atoms with Crippen LogP contribution in [-0.2, 0) is 25.9 Å². The van der Waals surface area contributed by atoms with Crippen molar-refractivity contribution >= 4 is 26.8 Å². The van der Waals surface area contributed by atoms with Gasteiger partial charge in [0.1, 0.15) is 0 Å². The van der Waals surface area contributed by atoms with Gasteiger partial charge >= 0.3 is 0 Å². The van der Waals surface area contributed by atoms with Gasteiger partial charge in [-0.1, -0.05) is 22.0 Å². The number of aryl methyl sites for hydroxylation is 2. The molecule has 4 heteroatoms. The summed E-state index contributed by atoms with van der Waals surface area (Å²) >= 11 is 3.64. The fourth-order valence-electron chi connectivity index (χ4n) is 3.73. The van der Waals surface area contributed by atoms with Gasteiger partial charge in [0.15, 0.2) is 0 Å². The van der Waals surface area contributed by atoms with Gasteiger partial charge in [0.05, 0.1) is 0 Å². The molecule has 0 N–H and O–H groups in total. The topological polar surface area (TPSA) is 21.1 Å². The third-order valence-corrected chi connectivity index (χ3v) is 5.71. The first kappa shape index (κ1) is 15.9. The number of nitrogens with zero attached hydrogens (tertiary/aromatic N) is 3. The average molecular weight is 384 g/mol. The predicted octanol–water partition coefficient (Wildman–Crippen LogP) is 4.42. The molecule has 0 saturated carbocycles.